The van der Waals surface area contributed by atoms with Crippen molar-refractivity contribution in [3.8, 4) is 0 Å². The molecular formula is C13H15BrN2O2. The smallest absolute Gasteiger partial charge is 0.227 e. The predicted molar refractivity (Wildman–Crippen MR) is 73.3 cm³/mol. The van der Waals surface area contributed by atoms with E-state index in [9.17, 15) is 9.59 Å². The molecular weight excluding hydrogens is 296 g/mol. The Bertz CT molecular complexity index is 505. The molecule has 5 heteroatoms. The molecule has 0 radical (unpaired) electrons. The number of amides is 2. The van der Waals surface area contributed by atoms with E-state index in [1.54, 1.807) is 4.90 Å². The van der Waals surface area contributed by atoms with E-state index in [0.717, 1.165) is 21.3 Å². The van der Waals surface area contributed by atoms with Crippen molar-refractivity contribution in [3.63, 3.8) is 0 Å². The molecule has 0 aliphatic carbocycles. The van der Waals surface area contributed by atoms with Crippen molar-refractivity contribution in [3.05, 3.63) is 27.7 Å². The minimum Gasteiger partial charge on any atom is -0.369 e. The highest BCUT2D eigenvalue weighted by Crippen LogP contribution is 2.30. The summed E-state index contributed by atoms with van der Waals surface area (Å²) in [6.07, 6.45) is 0.212. The number of aryl methyl sites for hydroxylation is 2. The van der Waals surface area contributed by atoms with Crippen molar-refractivity contribution >= 4 is 33.4 Å². The maximum absolute atomic E-state index is 11.9. The fraction of sp³-hybridized carbons (Fsp3) is 0.385. The van der Waals surface area contributed by atoms with Gasteiger partial charge in [-0.05, 0) is 37.1 Å². The highest BCUT2D eigenvalue weighted by molar-refractivity contribution is 9.10. The monoisotopic (exact) mass is 310 g/mol. The van der Waals surface area contributed by atoms with Crippen LogP contribution in [0.15, 0.2) is 16.6 Å². The molecule has 1 heterocycles. The van der Waals surface area contributed by atoms with E-state index in [-0.39, 0.29) is 18.2 Å². The van der Waals surface area contributed by atoms with Crippen molar-refractivity contribution in [2.75, 3.05) is 11.4 Å². The van der Waals surface area contributed by atoms with Gasteiger partial charge in [0.25, 0.3) is 0 Å². The summed E-state index contributed by atoms with van der Waals surface area (Å²) in [5.74, 6) is -0.821. The molecule has 1 fully saturated rings. The van der Waals surface area contributed by atoms with E-state index in [4.69, 9.17) is 5.73 Å². The number of halogens is 1. The molecule has 1 unspecified atom stereocenters. The maximum atomic E-state index is 11.9. The van der Waals surface area contributed by atoms with Gasteiger partial charge in [-0.25, -0.2) is 0 Å². The number of anilines is 1. The second-order valence-electron chi connectivity index (χ2n) is 4.70. The normalized spacial score (nSPS) is 19.4. The molecule has 1 aromatic carbocycles. The molecule has 0 bridgehead atoms. The molecule has 0 spiro atoms. The molecule has 0 aromatic heterocycles. The molecule has 2 rings (SSSR count). The number of primary amides is 1. The Hall–Kier alpha value is -1.36. The van der Waals surface area contributed by atoms with Gasteiger partial charge in [-0.2, -0.15) is 0 Å². The second kappa shape index (κ2) is 4.72. The van der Waals surface area contributed by atoms with Gasteiger partial charge in [0, 0.05) is 23.1 Å². The van der Waals surface area contributed by atoms with Gasteiger partial charge < -0.3 is 10.6 Å². The van der Waals surface area contributed by atoms with Gasteiger partial charge in [-0.1, -0.05) is 15.9 Å². The number of benzene rings is 1. The number of hydrogen-bond donors (Lipinski definition) is 1. The Morgan fingerprint density at radius 2 is 1.94 bits per heavy atom. The van der Waals surface area contributed by atoms with E-state index in [1.807, 2.05) is 26.0 Å². The fourth-order valence-electron chi connectivity index (χ4n) is 2.23. The third-order valence-corrected chi connectivity index (χ3v) is 4.51. The quantitative estimate of drug-likeness (QED) is 0.907. The van der Waals surface area contributed by atoms with Crippen molar-refractivity contribution in [2.24, 2.45) is 11.7 Å². The van der Waals surface area contributed by atoms with E-state index in [2.05, 4.69) is 15.9 Å². The lowest BCUT2D eigenvalue weighted by molar-refractivity contribution is -0.123. The third kappa shape index (κ3) is 2.27. The summed E-state index contributed by atoms with van der Waals surface area (Å²) in [6.45, 7) is 4.34. The van der Waals surface area contributed by atoms with Crippen molar-refractivity contribution in [1.82, 2.24) is 0 Å². The SMILES string of the molecule is Cc1cc(N2CC(C(N)=O)CC2=O)cc(C)c1Br. The molecule has 2 amide bonds. The van der Waals surface area contributed by atoms with Crippen molar-refractivity contribution in [1.29, 1.82) is 0 Å². The first-order valence-electron chi connectivity index (χ1n) is 5.76. The first-order valence-corrected chi connectivity index (χ1v) is 6.56. The van der Waals surface area contributed by atoms with Crippen LogP contribution in [0.5, 0.6) is 0 Å². The lowest BCUT2D eigenvalue weighted by Crippen LogP contribution is -2.28. The van der Waals surface area contributed by atoms with E-state index >= 15 is 0 Å². The van der Waals surface area contributed by atoms with Gasteiger partial charge >= 0.3 is 0 Å². The average molecular weight is 311 g/mol. The molecule has 96 valence electrons. The Kier molecular flexibility index (Phi) is 3.43. The lowest BCUT2D eigenvalue weighted by Gasteiger charge is -2.18. The summed E-state index contributed by atoms with van der Waals surface area (Å²) in [4.78, 5) is 24.7. The molecule has 18 heavy (non-hydrogen) atoms. The van der Waals surface area contributed by atoms with Crippen LogP contribution in [-0.4, -0.2) is 18.4 Å². The Morgan fingerprint density at radius 1 is 1.39 bits per heavy atom. The molecule has 1 aliphatic rings. The Balaban J connectivity index is 2.33. The fourth-order valence-corrected chi connectivity index (χ4v) is 2.46. The highest BCUT2D eigenvalue weighted by Gasteiger charge is 2.34. The summed E-state index contributed by atoms with van der Waals surface area (Å²) in [5, 5.41) is 0. The number of hydrogen-bond acceptors (Lipinski definition) is 2. The Labute approximate surface area is 114 Å². The minimum absolute atomic E-state index is 0.0417. The van der Waals surface area contributed by atoms with Crippen LogP contribution in [-0.2, 0) is 9.59 Å². The van der Waals surface area contributed by atoms with Crippen LogP contribution in [0.4, 0.5) is 5.69 Å². The van der Waals surface area contributed by atoms with Crippen LogP contribution >= 0.6 is 15.9 Å². The topological polar surface area (TPSA) is 63.4 Å². The van der Waals surface area contributed by atoms with E-state index < -0.39 is 5.91 Å². The van der Waals surface area contributed by atoms with Gasteiger partial charge in [-0.3, -0.25) is 9.59 Å². The molecule has 0 saturated carbocycles. The van der Waals surface area contributed by atoms with Crippen molar-refractivity contribution < 1.29 is 9.59 Å². The minimum atomic E-state index is -0.406. The maximum Gasteiger partial charge on any atom is 0.227 e. The molecule has 1 saturated heterocycles. The first-order chi connectivity index (χ1) is 8.40. The number of nitrogens with two attached hydrogens (primary N) is 1. The summed E-state index contributed by atoms with van der Waals surface area (Å²) < 4.78 is 1.05. The van der Waals surface area contributed by atoms with Gasteiger partial charge in [0.2, 0.25) is 11.8 Å². The average Bonchev–Trinajstić information content (AvgIpc) is 2.68. The number of nitrogens with zero attached hydrogens (tertiary/aromatic N) is 1. The first kappa shape index (κ1) is 13.1. The zero-order chi connectivity index (χ0) is 13.4. The zero-order valence-electron chi connectivity index (χ0n) is 10.4. The standard InChI is InChI=1S/C13H15BrN2O2/c1-7-3-10(4-8(2)12(7)14)16-6-9(13(15)18)5-11(16)17/h3-4,9H,5-6H2,1-2H3,(H2,15,18). The highest BCUT2D eigenvalue weighted by atomic mass is 79.9. The van der Waals surface area contributed by atoms with Crippen LogP contribution in [0.25, 0.3) is 0 Å². The number of rotatable bonds is 2. The Morgan fingerprint density at radius 3 is 2.39 bits per heavy atom. The van der Waals surface area contributed by atoms with Crippen LogP contribution in [0.3, 0.4) is 0 Å². The molecule has 2 N–H and O–H groups in total. The summed E-state index contributed by atoms with van der Waals surface area (Å²) in [7, 11) is 0. The van der Waals surface area contributed by atoms with Crippen molar-refractivity contribution in [2.45, 2.75) is 20.3 Å². The summed E-state index contributed by atoms with van der Waals surface area (Å²) >= 11 is 3.49. The molecule has 4 nitrogen and oxygen atoms in total. The zero-order valence-corrected chi connectivity index (χ0v) is 12.0. The van der Waals surface area contributed by atoms with Gasteiger partial charge in [0.1, 0.15) is 0 Å². The number of carbonyl (C=O) groups excluding carboxylic acids is 2. The predicted octanol–water partition coefficient (Wildman–Crippen LogP) is 1.90. The van der Waals surface area contributed by atoms with Crippen LogP contribution in [0.2, 0.25) is 0 Å². The van der Waals surface area contributed by atoms with E-state index in [0.29, 0.717) is 6.54 Å². The lowest BCUT2D eigenvalue weighted by atomic mass is 10.1. The van der Waals surface area contributed by atoms with Gasteiger partial charge in [0.05, 0.1) is 5.92 Å². The van der Waals surface area contributed by atoms with Gasteiger partial charge in [-0.15, -0.1) is 0 Å². The van der Waals surface area contributed by atoms with Crippen LogP contribution in [0, 0.1) is 19.8 Å². The summed E-state index contributed by atoms with van der Waals surface area (Å²) in [6, 6.07) is 3.89. The third-order valence-electron chi connectivity index (χ3n) is 3.26. The van der Waals surface area contributed by atoms with E-state index in [1.165, 1.54) is 0 Å². The molecule has 1 aromatic rings. The largest absolute Gasteiger partial charge is 0.369 e. The molecule has 1 atom stereocenters. The van der Waals surface area contributed by atoms with Crippen LogP contribution in [0.1, 0.15) is 17.5 Å². The molecule has 1 aliphatic heterocycles. The number of carbonyl (C=O) groups is 2. The van der Waals surface area contributed by atoms with Crippen LogP contribution < -0.4 is 10.6 Å². The second-order valence-corrected chi connectivity index (χ2v) is 5.49. The van der Waals surface area contributed by atoms with Gasteiger partial charge in [0.15, 0.2) is 0 Å². The summed E-state index contributed by atoms with van der Waals surface area (Å²) in [5.41, 5.74) is 8.23.